The van der Waals surface area contributed by atoms with Gasteiger partial charge in [0.25, 0.3) is 0 Å². The minimum atomic E-state index is -1.11. The molecule has 124 valence electrons. The van der Waals surface area contributed by atoms with Crippen LogP contribution in [0.1, 0.15) is 37.3 Å². The van der Waals surface area contributed by atoms with Crippen molar-refractivity contribution in [3.05, 3.63) is 35.1 Å². The number of benzene rings is 1. The lowest BCUT2D eigenvalue weighted by molar-refractivity contribution is 0.122. The molecule has 6 heteroatoms. The maximum atomic E-state index is 14.2. The van der Waals surface area contributed by atoms with Gasteiger partial charge in [0, 0.05) is 43.9 Å². The summed E-state index contributed by atoms with van der Waals surface area (Å²) in [5.74, 6) is -2.35. The number of nitrogens with one attached hydrogen (secondary N) is 1. The molecule has 0 bridgehead atoms. The molecule has 3 rings (SSSR count). The van der Waals surface area contributed by atoms with Crippen LogP contribution in [0.5, 0.6) is 0 Å². The molecule has 1 N–H and O–H groups in total. The third kappa shape index (κ3) is 3.58. The average Bonchev–Trinajstić information content (AvgIpc) is 3.00. The van der Waals surface area contributed by atoms with Gasteiger partial charge < -0.3 is 5.32 Å². The number of hydrogen-bond donors (Lipinski definition) is 1. The maximum Gasteiger partial charge on any atom is 0.161 e. The second-order valence-corrected chi connectivity index (χ2v) is 6.06. The van der Waals surface area contributed by atoms with Gasteiger partial charge in [-0.15, -0.1) is 12.4 Å². The van der Waals surface area contributed by atoms with E-state index < -0.39 is 17.5 Å². The second kappa shape index (κ2) is 7.66. The molecule has 1 atom stereocenters. The normalized spacial score (nSPS) is 21.6. The average molecular weight is 335 g/mol. The number of rotatable bonds is 3. The third-order valence-corrected chi connectivity index (χ3v) is 4.75. The summed E-state index contributed by atoms with van der Waals surface area (Å²) in [6.07, 6.45) is 4.34. The van der Waals surface area contributed by atoms with Crippen molar-refractivity contribution in [1.29, 1.82) is 0 Å². The Morgan fingerprint density at radius 1 is 0.955 bits per heavy atom. The highest BCUT2D eigenvalue weighted by atomic mass is 35.5. The van der Waals surface area contributed by atoms with Gasteiger partial charge in [0.1, 0.15) is 5.82 Å². The van der Waals surface area contributed by atoms with Crippen molar-refractivity contribution in [1.82, 2.24) is 10.2 Å². The molecular formula is C16H22ClF3N2. The molecule has 22 heavy (non-hydrogen) atoms. The maximum absolute atomic E-state index is 14.2. The van der Waals surface area contributed by atoms with E-state index in [1.54, 1.807) is 0 Å². The van der Waals surface area contributed by atoms with E-state index in [0.717, 1.165) is 57.9 Å². The van der Waals surface area contributed by atoms with E-state index in [1.165, 1.54) is 0 Å². The Hall–Kier alpha value is -0.780. The molecule has 1 saturated carbocycles. The first-order valence-electron chi connectivity index (χ1n) is 7.76. The van der Waals surface area contributed by atoms with Gasteiger partial charge in [0.05, 0.1) is 0 Å². The molecule has 0 spiro atoms. The smallest absolute Gasteiger partial charge is 0.161 e. The number of nitrogens with zero attached hydrogens (tertiary/aromatic N) is 1. The van der Waals surface area contributed by atoms with Gasteiger partial charge in [-0.25, -0.2) is 13.2 Å². The van der Waals surface area contributed by atoms with Crippen LogP contribution in [0.25, 0.3) is 0 Å². The highest BCUT2D eigenvalue weighted by Gasteiger charge is 2.34. The lowest BCUT2D eigenvalue weighted by Crippen LogP contribution is -2.47. The Bertz CT molecular complexity index is 500. The summed E-state index contributed by atoms with van der Waals surface area (Å²) >= 11 is 0. The van der Waals surface area contributed by atoms with E-state index in [0.29, 0.717) is 17.5 Å². The van der Waals surface area contributed by atoms with Crippen LogP contribution in [0.4, 0.5) is 13.2 Å². The summed E-state index contributed by atoms with van der Waals surface area (Å²) in [5, 5.41) is 3.28. The summed E-state index contributed by atoms with van der Waals surface area (Å²) in [5.41, 5.74) is 0.322. The first kappa shape index (κ1) is 17.6. The zero-order valence-electron chi connectivity index (χ0n) is 12.5. The number of hydrogen-bond acceptors (Lipinski definition) is 2. The van der Waals surface area contributed by atoms with Gasteiger partial charge in [0.15, 0.2) is 11.6 Å². The van der Waals surface area contributed by atoms with Crippen LogP contribution in [0.2, 0.25) is 0 Å². The molecule has 1 aliphatic heterocycles. The molecule has 1 aromatic carbocycles. The topological polar surface area (TPSA) is 15.3 Å². The Kier molecular flexibility index (Phi) is 6.12. The number of halogens is 4. The third-order valence-electron chi connectivity index (χ3n) is 4.75. The van der Waals surface area contributed by atoms with E-state index in [9.17, 15) is 13.2 Å². The molecule has 2 fully saturated rings. The van der Waals surface area contributed by atoms with Crippen molar-refractivity contribution in [3.8, 4) is 0 Å². The molecular weight excluding hydrogens is 313 g/mol. The van der Waals surface area contributed by atoms with E-state index in [4.69, 9.17) is 0 Å². The minimum absolute atomic E-state index is 0. The monoisotopic (exact) mass is 334 g/mol. The van der Waals surface area contributed by atoms with Crippen LogP contribution in [0.3, 0.4) is 0 Å². The minimum Gasteiger partial charge on any atom is -0.314 e. The molecule has 1 aromatic rings. The van der Waals surface area contributed by atoms with Crippen LogP contribution in [-0.4, -0.2) is 31.1 Å². The summed E-state index contributed by atoms with van der Waals surface area (Å²) in [4.78, 5) is 2.22. The number of piperazine rings is 1. The van der Waals surface area contributed by atoms with Crippen molar-refractivity contribution >= 4 is 12.4 Å². The van der Waals surface area contributed by atoms with E-state index >= 15 is 0 Å². The molecule has 0 radical (unpaired) electrons. The van der Waals surface area contributed by atoms with Crippen LogP contribution in [-0.2, 0) is 0 Å². The molecule has 1 heterocycles. The van der Waals surface area contributed by atoms with Gasteiger partial charge >= 0.3 is 0 Å². The highest BCUT2D eigenvalue weighted by Crippen LogP contribution is 2.40. The lowest BCUT2D eigenvalue weighted by atomic mass is 9.89. The summed E-state index contributed by atoms with van der Waals surface area (Å²) in [6, 6.07) is 1.62. The van der Waals surface area contributed by atoms with Crippen molar-refractivity contribution in [2.45, 2.75) is 31.7 Å². The van der Waals surface area contributed by atoms with E-state index in [-0.39, 0.29) is 18.4 Å². The van der Waals surface area contributed by atoms with Crippen LogP contribution in [0.15, 0.2) is 12.1 Å². The van der Waals surface area contributed by atoms with Crippen LogP contribution >= 0.6 is 12.4 Å². The first-order chi connectivity index (χ1) is 10.2. The molecule has 2 aliphatic rings. The van der Waals surface area contributed by atoms with E-state index in [2.05, 4.69) is 10.2 Å². The fourth-order valence-electron chi connectivity index (χ4n) is 3.75. The summed E-state index contributed by atoms with van der Waals surface area (Å²) in [7, 11) is 0. The molecule has 1 saturated heterocycles. The zero-order valence-corrected chi connectivity index (χ0v) is 13.3. The molecule has 2 nitrogen and oxygen atoms in total. The molecule has 0 amide bonds. The highest BCUT2D eigenvalue weighted by molar-refractivity contribution is 5.85. The fraction of sp³-hybridized carbons (Fsp3) is 0.625. The Morgan fingerprint density at radius 3 is 2.18 bits per heavy atom. The van der Waals surface area contributed by atoms with Crippen LogP contribution in [0, 0.1) is 23.4 Å². The molecule has 0 aromatic heterocycles. The van der Waals surface area contributed by atoms with Gasteiger partial charge in [-0.2, -0.15) is 0 Å². The van der Waals surface area contributed by atoms with Crippen molar-refractivity contribution in [2.24, 2.45) is 5.92 Å². The Labute approximate surface area is 135 Å². The van der Waals surface area contributed by atoms with Crippen molar-refractivity contribution in [3.63, 3.8) is 0 Å². The lowest BCUT2D eigenvalue weighted by Gasteiger charge is -2.38. The second-order valence-electron chi connectivity index (χ2n) is 6.06. The molecule has 1 aliphatic carbocycles. The largest absolute Gasteiger partial charge is 0.314 e. The van der Waals surface area contributed by atoms with Crippen molar-refractivity contribution < 1.29 is 13.2 Å². The van der Waals surface area contributed by atoms with E-state index in [1.807, 2.05) is 0 Å². The fourth-order valence-corrected chi connectivity index (χ4v) is 3.75. The van der Waals surface area contributed by atoms with Gasteiger partial charge in [-0.1, -0.05) is 12.8 Å². The van der Waals surface area contributed by atoms with Gasteiger partial charge in [-0.3, -0.25) is 4.90 Å². The van der Waals surface area contributed by atoms with Crippen LogP contribution < -0.4 is 5.32 Å². The predicted molar refractivity (Wildman–Crippen MR) is 82.7 cm³/mol. The predicted octanol–water partition coefficient (Wildman–Crippen LogP) is 3.66. The van der Waals surface area contributed by atoms with Gasteiger partial charge in [0.2, 0.25) is 0 Å². The first-order valence-corrected chi connectivity index (χ1v) is 7.76. The van der Waals surface area contributed by atoms with Gasteiger partial charge in [-0.05, 0) is 24.8 Å². The zero-order chi connectivity index (χ0) is 14.8. The van der Waals surface area contributed by atoms with Crippen molar-refractivity contribution in [2.75, 3.05) is 26.2 Å². The Balaban J connectivity index is 0.00000176. The Morgan fingerprint density at radius 2 is 1.55 bits per heavy atom. The summed E-state index contributed by atoms with van der Waals surface area (Å²) in [6.45, 7) is 3.35. The summed E-state index contributed by atoms with van der Waals surface area (Å²) < 4.78 is 41.0. The molecule has 0 unspecified atom stereocenters. The standard InChI is InChI=1S/C16H21F3N2.ClH/c17-13-10-15(19)14(18)9-12(13)16(11-3-1-2-4-11)21-7-5-20-6-8-21;/h9-11,16,20H,1-8H2;1H/t16-;/m1./s1. The quantitative estimate of drug-likeness (QED) is 0.849. The SMILES string of the molecule is Cl.Fc1cc(F)c([C@@H](C2CCCC2)N2CCNCC2)cc1F.